The van der Waals surface area contributed by atoms with Crippen LogP contribution in [0.4, 0.5) is 0 Å². The number of carbonyl (C=O) groups is 1. The van der Waals surface area contributed by atoms with E-state index in [1.807, 2.05) is 42.5 Å². The lowest BCUT2D eigenvalue weighted by Crippen LogP contribution is -2.45. The molecule has 0 saturated carbocycles. The van der Waals surface area contributed by atoms with Crippen molar-refractivity contribution in [1.82, 2.24) is 15.2 Å². The molecule has 3 aromatic rings. The summed E-state index contributed by atoms with van der Waals surface area (Å²) in [5, 5.41) is 4.49. The van der Waals surface area contributed by atoms with Gasteiger partial charge in [-0.1, -0.05) is 18.2 Å². The highest BCUT2D eigenvalue weighted by molar-refractivity contribution is 5.96. The van der Waals surface area contributed by atoms with Gasteiger partial charge in [0.25, 0.3) is 11.5 Å². The van der Waals surface area contributed by atoms with Crippen molar-refractivity contribution in [2.24, 2.45) is 0 Å². The standard InChI is InChI=1S/C22H23N3O3/c1-25-9-10-28-19(14-25)13-24-21(26)18-4-2-3-15(12-18)16-5-6-20-17(11-16)7-8-23-22(20)27/h2-8,11-12,19H,9-10,13-14H2,1H3,(H,23,27)(H,24,26)/t19-/m0/s1. The molecule has 0 unspecified atom stereocenters. The predicted octanol–water partition coefficient (Wildman–Crippen LogP) is 2.26. The summed E-state index contributed by atoms with van der Waals surface area (Å²) in [4.78, 5) is 29.3. The zero-order chi connectivity index (χ0) is 19.5. The van der Waals surface area contributed by atoms with Gasteiger partial charge in [0.15, 0.2) is 0 Å². The average Bonchev–Trinajstić information content (AvgIpc) is 2.72. The Morgan fingerprint density at radius 3 is 2.93 bits per heavy atom. The number of H-pyrrole nitrogens is 1. The van der Waals surface area contributed by atoms with E-state index in [0.29, 0.717) is 24.1 Å². The van der Waals surface area contributed by atoms with E-state index in [-0.39, 0.29) is 17.6 Å². The van der Waals surface area contributed by atoms with E-state index >= 15 is 0 Å². The summed E-state index contributed by atoms with van der Waals surface area (Å²) < 4.78 is 5.69. The molecule has 2 heterocycles. The summed E-state index contributed by atoms with van der Waals surface area (Å²) in [6.45, 7) is 2.92. The first-order valence-corrected chi connectivity index (χ1v) is 9.40. The first kappa shape index (κ1) is 18.4. The molecule has 0 bridgehead atoms. The van der Waals surface area contributed by atoms with Crippen LogP contribution in [-0.2, 0) is 4.74 Å². The van der Waals surface area contributed by atoms with Crippen LogP contribution in [0, 0.1) is 0 Å². The Morgan fingerprint density at radius 1 is 1.21 bits per heavy atom. The van der Waals surface area contributed by atoms with E-state index in [9.17, 15) is 9.59 Å². The van der Waals surface area contributed by atoms with Crippen LogP contribution < -0.4 is 10.9 Å². The Kier molecular flexibility index (Phi) is 5.23. The summed E-state index contributed by atoms with van der Waals surface area (Å²) in [6.07, 6.45) is 1.66. The number of amides is 1. The van der Waals surface area contributed by atoms with Crippen LogP contribution >= 0.6 is 0 Å². The first-order chi connectivity index (χ1) is 13.6. The molecule has 6 heteroatoms. The maximum atomic E-state index is 12.6. The van der Waals surface area contributed by atoms with Crippen molar-refractivity contribution >= 4 is 16.7 Å². The highest BCUT2D eigenvalue weighted by Crippen LogP contribution is 2.24. The minimum absolute atomic E-state index is 0.0180. The van der Waals surface area contributed by atoms with Gasteiger partial charge in [-0.05, 0) is 53.9 Å². The minimum Gasteiger partial charge on any atom is -0.374 e. The van der Waals surface area contributed by atoms with Gasteiger partial charge in [0, 0.05) is 36.8 Å². The van der Waals surface area contributed by atoms with Crippen LogP contribution in [0.1, 0.15) is 10.4 Å². The number of rotatable bonds is 4. The largest absolute Gasteiger partial charge is 0.374 e. The summed E-state index contributed by atoms with van der Waals surface area (Å²) in [5.74, 6) is -0.115. The number of aromatic amines is 1. The highest BCUT2D eigenvalue weighted by Gasteiger charge is 2.18. The van der Waals surface area contributed by atoms with Crippen molar-refractivity contribution < 1.29 is 9.53 Å². The molecular weight excluding hydrogens is 354 g/mol. The van der Waals surface area contributed by atoms with Crippen molar-refractivity contribution in [3.63, 3.8) is 0 Å². The fourth-order valence-corrected chi connectivity index (χ4v) is 3.51. The molecule has 4 rings (SSSR count). The van der Waals surface area contributed by atoms with E-state index in [1.165, 1.54) is 0 Å². The van der Waals surface area contributed by atoms with Gasteiger partial charge in [-0.2, -0.15) is 0 Å². The van der Waals surface area contributed by atoms with E-state index < -0.39 is 0 Å². The Morgan fingerprint density at radius 2 is 2.07 bits per heavy atom. The Hall–Kier alpha value is -2.96. The molecule has 1 fully saturated rings. The molecule has 1 atom stereocenters. The summed E-state index contributed by atoms with van der Waals surface area (Å²) >= 11 is 0. The number of nitrogens with one attached hydrogen (secondary N) is 2. The van der Waals surface area contributed by atoms with Crippen molar-refractivity contribution in [2.75, 3.05) is 33.3 Å². The summed E-state index contributed by atoms with van der Waals surface area (Å²) in [5.41, 5.74) is 2.40. The fourth-order valence-electron chi connectivity index (χ4n) is 3.51. The zero-order valence-corrected chi connectivity index (χ0v) is 15.8. The molecule has 1 aliphatic heterocycles. The maximum Gasteiger partial charge on any atom is 0.255 e. The third-order valence-electron chi connectivity index (χ3n) is 5.06. The fraction of sp³-hybridized carbons (Fsp3) is 0.273. The molecule has 28 heavy (non-hydrogen) atoms. The Balaban J connectivity index is 1.51. The van der Waals surface area contributed by atoms with Crippen molar-refractivity contribution in [3.05, 3.63) is 70.6 Å². The summed E-state index contributed by atoms with van der Waals surface area (Å²) in [6, 6.07) is 15.1. The topological polar surface area (TPSA) is 74.4 Å². The third-order valence-corrected chi connectivity index (χ3v) is 5.06. The number of nitrogens with zero attached hydrogens (tertiary/aromatic N) is 1. The van der Waals surface area contributed by atoms with Crippen LogP contribution in [0.25, 0.3) is 21.9 Å². The lowest BCUT2D eigenvalue weighted by molar-refractivity contribution is -0.0175. The van der Waals surface area contributed by atoms with Crippen LogP contribution in [0.2, 0.25) is 0 Å². The number of ether oxygens (including phenoxy) is 1. The van der Waals surface area contributed by atoms with Gasteiger partial charge in [0.2, 0.25) is 0 Å². The molecule has 2 aromatic carbocycles. The number of hydrogen-bond donors (Lipinski definition) is 2. The van der Waals surface area contributed by atoms with Gasteiger partial charge in [-0.3, -0.25) is 9.59 Å². The number of likely N-dealkylation sites (N-methyl/N-ethyl adjacent to an activating group) is 1. The molecule has 0 aliphatic carbocycles. The van der Waals surface area contributed by atoms with Crippen LogP contribution in [-0.4, -0.2) is 55.2 Å². The molecule has 0 spiro atoms. The normalized spacial score (nSPS) is 17.5. The molecule has 0 radical (unpaired) electrons. The molecule has 2 N–H and O–H groups in total. The second kappa shape index (κ2) is 7.96. The second-order valence-electron chi connectivity index (χ2n) is 7.15. The number of hydrogen-bond acceptors (Lipinski definition) is 4. The number of carbonyl (C=O) groups excluding carboxylic acids is 1. The van der Waals surface area contributed by atoms with E-state index in [4.69, 9.17) is 4.74 Å². The molecule has 1 amide bonds. The van der Waals surface area contributed by atoms with Gasteiger partial charge >= 0.3 is 0 Å². The Bertz CT molecular complexity index is 1060. The SMILES string of the molecule is CN1CCO[C@@H](CNC(=O)c2cccc(-c3ccc4c(=O)[nH]ccc4c3)c2)C1. The highest BCUT2D eigenvalue weighted by atomic mass is 16.5. The number of fused-ring (bicyclic) bond motifs is 1. The number of morpholine rings is 1. The van der Waals surface area contributed by atoms with Gasteiger partial charge in [-0.25, -0.2) is 0 Å². The van der Waals surface area contributed by atoms with Gasteiger partial charge in [0.1, 0.15) is 0 Å². The Labute approximate surface area is 163 Å². The number of aromatic nitrogens is 1. The van der Waals surface area contributed by atoms with E-state index in [2.05, 4.69) is 22.2 Å². The first-order valence-electron chi connectivity index (χ1n) is 9.40. The van der Waals surface area contributed by atoms with Crippen molar-refractivity contribution in [2.45, 2.75) is 6.10 Å². The molecule has 1 aliphatic rings. The van der Waals surface area contributed by atoms with Crippen molar-refractivity contribution in [3.8, 4) is 11.1 Å². The molecule has 1 saturated heterocycles. The van der Waals surface area contributed by atoms with Gasteiger partial charge < -0.3 is 19.9 Å². The maximum absolute atomic E-state index is 12.6. The quantitative estimate of drug-likeness (QED) is 0.731. The zero-order valence-electron chi connectivity index (χ0n) is 15.8. The number of benzene rings is 2. The minimum atomic E-state index is -0.115. The summed E-state index contributed by atoms with van der Waals surface area (Å²) in [7, 11) is 2.05. The smallest absolute Gasteiger partial charge is 0.255 e. The van der Waals surface area contributed by atoms with Crippen LogP contribution in [0.5, 0.6) is 0 Å². The lowest BCUT2D eigenvalue weighted by atomic mass is 10.00. The third kappa shape index (κ3) is 3.98. The molecule has 144 valence electrons. The molecule has 6 nitrogen and oxygen atoms in total. The molecular formula is C22H23N3O3. The van der Waals surface area contributed by atoms with E-state index in [1.54, 1.807) is 12.3 Å². The van der Waals surface area contributed by atoms with Gasteiger partial charge in [-0.15, -0.1) is 0 Å². The van der Waals surface area contributed by atoms with Gasteiger partial charge in [0.05, 0.1) is 12.7 Å². The van der Waals surface area contributed by atoms with Crippen molar-refractivity contribution in [1.29, 1.82) is 0 Å². The monoisotopic (exact) mass is 377 g/mol. The average molecular weight is 377 g/mol. The second-order valence-corrected chi connectivity index (χ2v) is 7.15. The molecule has 1 aromatic heterocycles. The number of pyridine rings is 1. The predicted molar refractivity (Wildman–Crippen MR) is 110 cm³/mol. The van der Waals surface area contributed by atoms with Crippen LogP contribution in [0.3, 0.4) is 0 Å². The van der Waals surface area contributed by atoms with E-state index in [0.717, 1.165) is 29.6 Å². The lowest BCUT2D eigenvalue weighted by Gasteiger charge is -2.30. The van der Waals surface area contributed by atoms with Crippen LogP contribution in [0.15, 0.2) is 59.5 Å².